The highest BCUT2D eigenvalue weighted by Gasteiger charge is 2.42. The first-order valence-corrected chi connectivity index (χ1v) is 8.68. The number of rotatable bonds is 6. The molecule has 136 valence electrons. The first-order chi connectivity index (χ1) is 11.0. The van der Waals surface area contributed by atoms with Crippen molar-refractivity contribution in [3.8, 4) is 0 Å². The predicted octanol–water partition coefficient (Wildman–Crippen LogP) is 3.10. The standard InChI is InChI=1S/C19H30N2O2.ClH/c1-4-18(20,5-2)14-21-17(22)19(10-12-23-13-11-19)16-8-6-15(3)7-9-16;/h6-9H,4-5,10-14,20H2,1-3H3,(H,21,22);1H. The third-order valence-electron chi connectivity index (χ3n) is 5.39. The maximum Gasteiger partial charge on any atom is 0.230 e. The molecule has 1 heterocycles. The molecule has 1 aliphatic heterocycles. The monoisotopic (exact) mass is 354 g/mol. The number of nitrogens with two attached hydrogens (primary N) is 1. The number of carbonyl (C=O) groups is 1. The minimum atomic E-state index is -0.492. The van der Waals surface area contributed by atoms with E-state index in [1.54, 1.807) is 0 Å². The molecular formula is C19H31ClN2O2. The normalized spacial score (nSPS) is 17.0. The lowest BCUT2D eigenvalue weighted by molar-refractivity contribution is -0.130. The molecule has 4 nitrogen and oxygen atoms in total. The van der Waals surface area contributed by atoms with Gasteiger partial charge < -0.3 is 15.8 Å². The molecular weight excluding hydrogens is 324 g/mol. The summed E-state index contributed by atoms with van der Waals surface area (Å²) in [5.41, 5.74) is 7.81. The first-order valence-electron chi connectivity index (χ1n) is 8.68. The van der Waals surface area contributed by atoms with Gasteiger partial charge in [-0.3, -0.25) is 4.79 Å². The van der Waals surface area contributed by atoms with Crippen LogP contribution < -0.4 is 11.1 Å². The van der Waals surface area contributed by atoms with Gasteiger partial charge in [-0.05, 0) is 38.2 Å². The Balaban J connectivity index is 0.00000288. The van der Waals surface area contributed by atoms with Crippen molar-refractivity contribution >= 4 is 18.3 Å². The molecule has 0 aromatic heterocycles. The Bertz CT molecular complexity index is 521. The van der Waals surface area contributed by atoms with E-state index in [4.69, 9.17) is 10.5 Å². The van der Waals surface area contributed by atoms with E-state index in [1.165, 1.54) is 5.56 Å². The maximum atomic E-state index is 13.1. The third-order valence-corrected chi connectivity index (χ3v) is 5.39. The van der Waals surface area contributed by atoms with Crippen LogP contribution in [-0.4, -0.2) is 31.2 Å². The number of ether oxygens (including phenoxy) is 1. The number of amides is 1. The van der Waals surface area contributed by atoms with Gasteiger partial charge in [-0.1, -0.05) is 43.7 Å². The van der Waals surface area contributed by atoms with Crippen LogP contribution in [0.2, 0.25) is 0 Å². The molecule has 24 heavy (non-hydrogen) atoms. The van der Waals surface area contributed by atoms with Gasteiger partial charge in [-0.15, -0.1) is 12.4 Å². The van der Waals surface area contributed by atoms with E-state index >= 15 is 0 Å². The van der Waals surface area contributed by atoms with E-state index in [0.29, 0.717) is 19.8 Å². The van der Waals surface area contributed by atoms with Crippen LogP contribution in [-0.2, 0) is 14.9 Å². The molecule has 0 bridgehead atoms. The molecule has 0 aliphatic carbocycles. The smallest absolute Gasteiger partial charge is 0.230 e. The van der Waals surface area contributed by atoms with Crippen LogP contribution in [0.15, 0.2) is 24.3 Å². The second kappa shape index (κ2) is 8.84. The minimum absolute atomic E-state index is 0. The van der Waals surface area contributed by atoms with Crippen molar-refractivity contribution in [3.05, 3.63) is 35.4 Å². The zero-order valence-electron chi connectivity index (χ0n) is 15.1. The quantitative estimate of drug-likeness (QED) is 0.825. The minimum Gasteiger partial charge on any atom is -0.381 e. The lowest BCUT2D eigenvalue weighted by Crippen LogP contribution is -2.54. The molecule has 2 rings (SSSR count). The van der Waals surface area contributed by atoms with E-state index in [9.17, 15) is 4.79 Å². The van der Waals surface area contributed by atoms with E-state index in [1.807, 2.05) is 0 Å². The second-order valence-electron chi connectivity index (χ2n) is 6.81. The molecule has 0 atom stereocenters. The van der Waals surface area contributed by atoms with E-state index in [2.05, 4.69) is 50.4 Å². The molecule has 0 radical (unpaired) electrons. The third kappa shape index (κ3) is 4.50. The summed E-state index contributed by atoms with van der Waals surface area (Å²) in [5.74, 6) is 0.0846. The molecule has 0 saturated carbocycles. The van der Waals surface area contributed by atoms with E-state index in [0.717, 1.165) is 31.2 Å². The fraction of sp³-hybridized carbons (Fsp3) is 0.632. The summed E-state index contributed by atoms with van der Waals surface area (Å²) in [5, 5.41) is 3.13. The molecule has 0 unspecified atom stereocenters. The van der Waals surface area contributed by atoms with Crippen molar-refractivity contribution in [1.29, 1.82) is 0 Å². The average molecular weight is 355 g/mol. The fourth-order valence-corrected chi connectivity index (χ4v) is 3.16. The van der Waals surface area contributed by atoms with Gasteiger partial charge in [-0.25, -0.2) is 0 Å². The SMILES string of the molecule is CCC(N)(CC)CNC(=O)C1(c2ccc(C)cc2)CCOCC1.Cl. The zero-order chi connectivity index (χ0) is 16.9. The van der Waals surface area contributed by atoms with E-state index in [-0.39, 0.29) is 23.9 Å². The number of carbonyl (C=O) groups excluding carboxylic acids is 1. The van der Waals surface area contributed by atoms with Gasteiger partial charge in [-0.2, -0.15) is 0 Å². The summed E-state index contributed by atoms with van der Waals surface area (Å²) < 4.78 is 5.50. The first kappa shape index (κ1) is 20.9. The van der Waals surface area contributed by atoms with Gasteiger partial charge >= 0.3 is 0 Å². The van der Waals surface area contributed by atoms with Gasteiger partial charge in [0.15, 0.2) is 0 Å². The van der Waals surface area contributed by atoms with Crippen LogP contribution in [0.1, 0.15) is 50.7 Å². The Morgan fingerprint density at radius 2 is 1.75 bits per heavy atom. The van der Waals surface area contributed by atoms with Crippen LogP contribution in [0.25, 0.3) is 0 Å². The highest BCUT2D eigenvalue weighted by Crippen LogP contribution is 2.35. The fourth-order valence-electron chi connectivity index (χ4n) is 3.16. The highest BCUT2D eigenvalue weighted by molar-refractivity contribution is 5.88. The number of benzene rings is 1. The Kier molecular flexibility index (Phi) is 7.71. The largest absolute Gasteiger partial charge is 0.381 e. The van der Waals surface area contributed by atoms with Gasteiger partial charge in [0.2, 0.25) is 5.91 Å². The topological polar surface area (TPSA) is 64.3 Å². The second-order valence-corrected chi connectivity index (χ2v) is 6.81. The molecule has 1 fully saturated rings. The van der Waals surface area contributed by atoms with Gasteiger partial charge in [0.1, 0.15) is 0 Å². The van der Waals surface area contributed by atoms with Crippen LogP contribution in [0.3, 0.4) is 0 Å². The summed E-state index contributed by atoms with van der Waals surface area (Å²) in [6.45, 7) is 7.96. The average Bonchev–Trinajstić information content (AvgIpc) is 2.60. The number of halogens is 1. The Labute approximate surface area is 151 Å². The predicted molar refractivity (Wildman–Crippen MR) is 101 cm³/mol. The molecule has 1 amide bonds. The van der Waals surface area contributed by atoms with Crippen molar-refractivity contribution in [2.24, 2.45) is 5.73 Å². The Morgan fingerprint density at radius 1 is 1.21 bits per heavy atom. The van der Waals surface area contributed by atoms with Gasteiger partial charge in [0.05, 0.1) is 5.41 Å². The summed E-state index contributed by atoms with van der Waals surface area (Å²) >= 11 is 0. The zero-order valence-corrected chi connectivity index (χ0v) is 15.9. The Morgan fingerprint density at radius 3 is 2.25 bits per heavy atom. The van der Waals surface area contributed by atoms with Crippen LogP contribution >= 0.6 is 12.4 Å². The summed E-state index contributed by atoms with van der Waals surface area (Å²) in [4.78, 5) is 13.1. The van der Waals surface area contributed by atoms with Gasteiger partial charge in [0, 0.05) is 25.3 Å². The van der Waals surface area contributed by atoms with Crippen molar-refractivity contribution in [2.75, 3.05) is 19.8 Å². The Hall–Kier alpha value is -1.10. The highest BCUT2D eigenvalue weighted by atomic mass is 35.5. The van der Waals surface area contributed by atoms with Crippen LogP contribution in [0.4, 0.5) is 0 Å². The lowest BCUT2D eigenvalue weighted by atomic mass is 9.73. The van der Waals surface area contributed by atoms with Crippen molar-refractivity contribution in [1.82, 2.24) is 5.32 Å². The molecule has 1 aromatic rings. The van der Waals surface area contributed by atoms with Crippen molar-refractivity contribution < 1.29 is 9.53 Å². The maximum absolute atomic E-state index is 13.1. The van der Waals surface area contributed by atoms with Crippen molar-refractivity contribution in [3.63, 3.8) is 0 Å². The molecule has 1 aromatic carbocycles. The molecule has 3 N–H and O–H groups in total. The van der Waals surface area contributed by atoms with Crippen LogP contribution in [0.5, 0.6) is 0 Å². The van der Waals surface area contributed by atoms with Crippen molar-refractivity contribution in [2.45, 2.75) is 57.4 Å². The molecule has 0 spiro atoms. The van der Waals surface area contributed by atoms with Gasteiger partial charge in [0.25, 0.3) is 0 Å². The number of hydrogen-bond donors (Lipinski definition) is 2. The molecule has 5 heteroatoms. The summed E-state index contributed by atoms with van der Waals surface area (Å²) in [6.07, 6.45) is 3.14. The lowest BCUT2D eigenvalue weighted by Gasteiger charge is -2.37. The van der Waals surface area contributed by atoms with Crippen LogP contribution in [0, 0.1) is 6.92 Å². The molecule has 1 aliphatic rings. The number of aryl methyl sites for hydroxylation is 1. The number of hydrogen-bond acceptors (Lipinski definition) is 3. The molecule has 1 saturated heterocycles. The van der Waals surface area contributed by atoms with E-state index < -0.39 is 5.41 Å². The number of nitrogens with one attached hydrogen (secondary N) is 1. The summed E-state index contributed by atoms with van der Waals surface area (Å²) in [6, 6.07) is 8.31. The summed E-state index contributed by atoms with van der Waals surface area (Å²) in [7, 11) is 0.